The number of aryl methyl sites for hydroxylation is 2. The van der Waals surface area contributed by atoms with E-state index in [4.69, 9.17) is 0 Å². The van der Waals surface area contributed by atoms with Crippen LogP contribution in [0.4, 0.5) is 0 Å². The number of carbonyl (C=O) groups excluding carboxylic acids is 2. The second-order valence-electron chi connectivity index (χ2n) is 3.94. The highest BCUT2D eigenvalue weighted by Gasteiger charge is 2.09. The minimum absolute atomic E-state index is 0.0581. The molecule has 0 radical (unpaired) electrons. The second kappa shape index (κ2) is 4.87. The molecule has 2 heteroatoms. The zero-order valence-corrected chi connectivity index (χ0v) is 9.46. The van der Waals surface area contributed by atoms with Gasteiger partial charge in [0.2, 0.25) is 0 Å². The van der Waals surface area contributed by atoms with Gasteiger partial charge in [-0.25, -0.2) is 0 Å². The van der Waals surface area contributed by atoms with Crippen LogP contribution in [0.1, 0.15) is 41.3 Å². The van der Waals surface area contributed by atoms with E-state index in [9.17, 15) is 9.59 Å². The molecule has 15 heavy (non-hydrogen) atoms. The lowest BCUT2D eigenvalue weighted by atomic mass is 9.99. The first kappa shape index (κ1) is 11.6. The van der Waals surface area contributed by atoms with Gasteiger partial charge < -0.3 is 4.79 Å². The van der Waals surface area contributed by atoms with E-state index in [0.29, 0.717) is 12.8 Å². The molecule has 0 aromatic heterocycles. The maximum absolute atomic E-state index is 11.7. The quantitative estimate of drug-likeness (QED) is 0.707. The Morgan fingerprint density at radius 3 is 2.33 bits per heavy atom. The van der Waals surface area contributed by atoms with Gasteiger partial charge in [0.05, 0.1) is 0 Å². The summed E-state index contributed by atoms with van der Waals surface area (Å²) in [5, 5.41) is 0. The van der Waals surface area contributed by atoms with Crippen molar-refractivity contribution in [2.45, 2.75) is 33.6 Å². The molecule has 0 saturated heterocycles. The third-order valence-corrected chi connectivity index (χ3v) is 2.39. The summed E-state index contributed by atoms with van der Waals surface area (Å²) in [7, 11) is 0. The van der Waals surface area contributed by atoms with E-state index >= 15 is 0 Å². The van der Waals surface area contributed by atoms with E-state index in [1.54, 1.807) is 0 Å². The van der Waals surface area contributed by atoms with Gasteiger partial charge in [0.15, 0.2) is 5.78 Å². The lowest BCUT2D eigenvalue weighted by Gasteiger charge is -2.04. The molecule has 0 amide bonds. The first-order valence-corrected chi connectivity index (χ1v) is 5.10. The number of Topliss-reactive ketones (excluding diaryl/α,β-unsaturated/α-hetero) is 2. The molecule has 0 N–H and O–H groups in total. The van der Waals surface area contributed by atoms with Crippen molar-refractivity contribution in [2.24, 2.45) is 0 Å². The van der Waals surface area contributed by atoms with E-state index in [0.717, 1.165) is 16.7 Å². The van der Waals surface area contributed by atoms with Crippen LogP contribution < -0.4 is 0 Å². The Kier molecular flexibility index (Phi) is 3.78. The highest BCUT2D eigenvalue weighted by Crippen LogP contribution is 2.13. The van der Waals surface area contributed by atoms with Crippen molar-refractivity contribution in [1.29, 1.82) is 0 Å². The molecule has 0 unspecified atom stereocenters. The first-order valence-electron chi connectivity index (χ1n) is 5.10. The van der Waals surface area contributed by atoms with Gasteiger partial charge in [-0.05, 0) is 26.3 Å². The fraction of sp³-hybridized carbons (Fsp3) is 0.385. The Hall–Kier alpha value is -1.44. The van der Waals surface area contributed by atoms with Gasteiger partial charge in [-0.15, -0.1) is 0 Å². The van der Waals surface area contributed by atoms with Crippen molar-refractivity contribution >= 4 is 11.6 Å². The molecule has 1 aromatic carbocycles. The van der Waals surface area contributed by atoms with Gasteiger partial charge in [-0.3, -0.25) is 4.79 Å². The Labute approximate surface area is 90.3 Å². The molecule has 0 atom stereocenters. The Balaban J connectivity index is 2.78. The molecule has 1 rings (SSSR count). The van der Waals surface area contributed by atoms with Gasteiger partial charge in [0.25, 0.3) is 0 Å². The zero-order chi connectivity index (χ0) is 11.4. The monoisotopic (exact) mass is 204 g/mol. The number of rotatable bonds is 4. The van der Waals surface area contributed by atoms with Crippen molar-refractivity contribution in [2.75, 3.05) is 0 Å². The van der Waals surface area contributed by atoms with E-state index in [1.807, 2.05) is 32.0 Å². The van der Waals surface area contributed by atoms with E-state index < -0.39 is 0 Å². The molecule has 0 bridgehead atoms. The van der Waals surface area contributed by atoms with Crippen LogP contribution in [0, 0.1) is 13.8 Å². The molecule has 80 valence electrons. The SMILES string of the molecule is CC(=O)CCC(=O)c1ccc(C)cc1C. The molecule has 0 fully saturated rings. The van der Waals surface area contributed by atoms with E-state index in [-0.39, 0.29) is 11.6 Å². The van der Waals surface area contributed by atoms with Crippen LogP contribution >= 0.6 is 0 Å². The van der Waals surface area contributed by atoms with Gasteiger partial charge in [0, 0.05) is 18.4 Å². The Morgan fingerprint density at radius 1 is 1.13 bits per heavy atom. The summed E-state index contributed by atoms with van der Waals surface area (Å²) in [6.07, 6.45) is 0.658. The minimum atomic E-state index is 0.0581. The summed E-state index contributed by atoms with van der Waals surface area (Å²) >= 11 is 0. The second-order valence-corrected chi connectivity index (χ2v) is 3.94. The molecule has 1 aromatic rings. The molecule has 0 heterocycles. The number of hydrogen-bond donors (Lipinski definition) is 0. The molecule has 0 aliphatic rings. The van der Waals surface area contributed by atoms with Gasteiger partial charge in [-0.2, -0.15) is 0 Å². The van der Waals surface area contributed by atoms with Crippen LogP contribution in [0.3, 0.4) is 0 Å². The molecule has 0 saturated carbocycles. The third kappa shape index (κ3) is 3.31. The van der Waals surface area contributed by atoms with Crippen LogP contribution in [-0.2, 0) is 4.79 Å². The summed E-state index contributed by atoms with van der Waals surface area (Å²) in [6, 6.07) is 5.75. The first-order chi connectivity index (χ1) is 7.00. The summed E-state index contributed by atoms with van der Waals surface area (Å²) in [5.41, 5.74) is 2.88. The molecule has 2 nitrogen and oxygen atoms in total. The largest absolute Gasteiger partial charge is 0.300 e. The van der Waals surface area contributed by atoms with Gasteiger partial charge in [0.1, 0.15) is 5.78 Å². The van der Waals surface area contributed by atoms with E-state index in [2.05, 4.69) is 0 Å². The van der Waals surface area contributed by atoms with Gasteiger partial charge in [-0.1, -0.05) is 23.8 Å². The third-order valence-electron chi connectivity index (χ3n) is 2.39. The maximum Gasteiger partial charge on any atom is 0.163 e. The fourth-order valence-corrected chi connectivity index (χ4v) is 1.55. The standard InChI is InChI=1S/C13H16O2/c1-9-4-6-12(10(2)8-9)13(15)7-5-11(3)14/h4,6,8H,5,7H2,1-3H3. The predicted octanol–water partition coefficient (Wildman–Crippen LogP) is 2.86. The molecule has 0 aliphatic heterocycles. The summed E-state index contributed by atoms with van der Waals surface area (Å²) in [5.74, 6) is 0.121. The molecule has 0 spiro atoms. The fourth-order valence-electron chi connectivity index (χ4n) is 1.55. The van der Waals surface area contributed by atoms with E-state index in [1.165, 1.54) is 6.92 Å². The molecular weight excluding hydrogens is 188 g/mol. The average molecular weight is 204 g/mol. The highest BCUT2D eigenvalue weighted by atomic mass is 16.1. The van der Waals surface area contributed by atoms with Crippen LogP contribution in [0.2, 0.25) is 0 Å². The lowest BCUT2D eigenvalue weighted by molar-refractivity contribution is -0.116. The lowest BCUT2D eigenvalue weighted by Crippen LogP contribution is -2.04. The van der Waals surface area contributed by atoms with Crippen molar-refractivity contribution in [3.8, 4) is 0 Å². The summed E-state index contributed by atoms with van der Waals surface area (Å²) in [6.45, 7) is 5.43. The van der Waals surface area contributed by atoms with Gasteiger partial charge >= 0.3 is 0 Å². The number of ketones is 2. The predicted molar refractivity (Wildman–Crippen MR) is 60.2 cm³/mol. The molecular formula is C13H16O2. The van der Waals surface area contributed by atoms with Crippen molar-refractivity contribution in [3.05, 3.63) is 34.9 Å². The Morgan fingerprint density at radius 2 is 1.80 bits per heavy atom. The normalized spacial score (nSPS) is 10.1. The average Bonchev–Trinajstić information content (AvgIpc) is 2.14. The van der Waals surface area contributed by atoms with Crippen molar-refractivity contribution in [3.63, 3.8) is 0 Å². The van der Waals surface area contributed by atoms with Crippen molar-refractivity contribution in [1.82, 2.24) is 0 Å². The van der Waals surface area contributed by atoms with Crippen molar-refractivity contribution < 1.29 is 9.59 Å². The maximum atomic E-state index is 11.7. The summed E-state index contributed by atoms with van der Waals surface area (Å²) < 4.78 is 0. The summed E-state index contributed by atoms with van der Waals surface area (Å²) in [4.78, 5) is 22.5. The number of benzene rings is 1. The van der Waals surface area contributed by atoms with Crippen LogP contribution in [0.15, 0.2) is 18.2 Å². The minimum Gasteiger partial charge on any atom is -0.300 e. The number of carbonyl (C=O) groups is 2. The highest BCUT2D eigenvalue weighted by molar-refractivity contribution is 5.99. The topological polar surface area (TPSA) is 34.1 Å². The van der Waals surface area contributed by atoms with Crippen LogP contribution in [0.25, 0.3) is 0 Å². The van der Waals surface area contributed by atoms with Crippen LogP contribution in [0.5, 0.6) is 0 Å². The zero-order valence-electron chi connectivity index (χ0n) is 9.46. The Bertz CT molecular complexity index is 392. The smallest absolute Gasteiger partial charge is 0.163 e. The molecule has 0 aliphatic carbocycles. The van der Waals surface area contributed by atoms with Crippen LogP contribution in [-0.4, -0.2) is 11.6 Å². The number of hydrogen-bond acceptors (Lipinski definition) is 2.